The van der Waals surface area contributed by atoms with Gasteiger partial charge in [0, 0.05) is 10.8 Å². The van der Waals surface area contributed by atoms with Crippen LogP contribution in [0, 0.1) is 13.8 Å². The molecule has 0 saturated carbocycles. The Morgan fingerprint density at radius 2 is 0.676 bits per heavy atom. The van der Waals surface area contributed by atoms with E-state index >= 15 is 0 Å². The van der Waals surface area contributed by atoms with Crippen molar-refractivity contribution in [2.75, 3.05) is 13.2 Å². The third-order valence-electron chi connectivity index (χ3n) is 5.59. The molecule has 2 N–H and O–H groups in total. The molecule has 0 aromatic heterocycles. The zero-order valence-electron chi connectivity index (χ0n) is 22.8. The largest absolute Gasteiger partial charge is 2.00 e. The van der Waals surface area contributed by atoms with Gasteiger partial charge in [-0.25, -0.2) is 0 Å². The van der Waals surface area contributed by atoms with E-state index in [2.05, 4.69) is 13.8 Å². The van der Waals surface area contributed by atoms with Gasteiger partial charge in [0.1, 0.15) is 0 Å². The van der Waals surface area contributed by atoms with Crippen LogP contribution in [-0.2, 0) is 32.5 Å². The Labute approximate surface area is 240 Å². The molecule has 0 radical (unpaired) electrons. The Bertz CT molecular complexity index is 959. The van der Waals surface area contributed by atoms with Gasteiger partial charge >= 0.3 is 21.7 Å². The molecular weight excluding hydrogens is 488 g/mol. The molecule has 194 valence electrons. The van der Waals surface area contributed by atoms with Gasteiger partial charge in [0.2, 0.25) is 0 Å². The topological polar surface area (TPSA) is 40.5 Å². The first-order chi connectivity index (χ1) is 17.1. The Hall–Kier alpha value is -2.75. The second-order valence-corrected chi connectivity index (χ2v) is 9.79. The fourth-order valence-electron chi connectivity index (χ4n) is 2.92. The molecule has 0 saturated heterocycles. The Morgan fingerprint density at radius 3 is 0.838 bits per heavy atom. The summed E-state index contributed by atoms with van der Waals surface area (Å²) in [7, 11) is 0. The van der Waals surface area contributed by atoms with E-state index in [0.717, 1.165) is 11.1 Å². The molecule has 0 unspecified atom stereocenters. The molecular formula is C34H42O2Ti. The first kappa shape index (κ1) is 34.3. The van der Waals surface area contributed by atoms with Crippen molar-refractivity contribution in [3.05, 3.63) is 157 Å². The molecule has 4 aromatic carbocycles. The van der Waals surface area contributed by atoms with Gasteiger partial charge in [-0.05, 0) is 11.1 Å². The van der Waals surface area contributed by atoms with Crippen molar-refractivity contribution >= 4 is 0 Å². The fraction of sp³-hybridized carbons (Fsp3) is 0.235. The van der Waals surface area contributed by atoms with Crippen molar-refractivity contribution in [2.24, 2.45) is 0 Å². The standard InChI is InChI=1S/2C10H14O.2C7H7.Ti/c2*1-10(2,8-11)9-6-4-3-5-7-9;2*1-7-5-3-2-4-6-7;/h2*3-7,11H,8H2,1-2H3;2*2-6H,1H2;/q;;2*-1;+2. The molecule has 3 heteroatoms. The minimum absolute atomic E-state index is 0. The van der Waals surface area contributed by atoms with Gasteiger partial charge in [0.05, 0.1) is 13.2 Å². The normalized spacial score (nSPS) is 10.1. The molecule has 0 bridgehead atoms. The van der Waals surface area contributed by atoms with Gasteiger partial charge in [-0.3, -0.25) is 0 Å². The summed E-state index contributed by atoms with van der Waals surface area (Å²) in [4.78, 5) is 0. The van der Waals surface area contributed by atoms with E-state index in [-0.39, 0.29) is 45.8 Å². The molecule has 4 aromatic rings. The molecule has 0 aliphatic heterocycles. The first-order valence-electron chi connectivity index (χ1n) is 12.2. The van der Waals surface area contributed by atoms with E-state index in [0.29, 0.717) is 0 Å². The maximum Gasteiger partial charge on any atom is 2.00 e. The SMILES string of the molecule is CC(C)(CO)c1ccccc1.CC(C)(CO)c1ccccc1.[CH2-]c1ccccc1.[CH2-]c1ccccc1.[Ti+2]. The predicted octanol–water partition coefficient (Wildman–Crippen LogP) is 7.65. The number of aliphatic hydroxyl groups excluding tert-OH is 2. The van der Waals surface area contributed by atoms with Crippen LogP contribution in [0.25, 0.3) is 0 Å². The van der Waals surface area contributed by atoms with Crippen molar-refractivity contribution in [1.29, 1.82) is 0 Å². The Morgan fingerprint density at radius 1 is 0.459 bits per heavy atom. The van der Waals surface area contributed by atoms with Crippen molar-refractivity contribution in [3.8, 4) is 0 Å². The van der Waals surface area contributed by atoms with Gasteiger partial charge in [-0.2, -0.15) is 49.2 Å². The maximum atomic E-state index is 9.05. The fourth-order valence-corrected chi connectivity index (χ4v) is 2.92. The molecule has 0 aliphatic rings. The molecule has 0 amide bonds. The molecule has 0 fully saturated rings. The monoisotopic (exact) mass is 530 g/mol. The summed E-state index contributed by atoms with van der Waals surface area (Å²) in [5.41, 5.74) is 4.29. The van der Waals surface area contributed by atoms with E-state index in [1.54, 1.807) is 0 Å². The summed E-state index contributed by atoms with van der Waals surface area (Å²) in [6.07, 6.45) is 0. The number of benzene rings is 4. The smallest absolute Gasteiger partial charge is 0.395 e. The summed E-state index contributed by atoms with van der Waals surface area (Å²) < 4.78 is 0. The minimum Gasteiger partial charge on any atom is -0.395 e. The first-order valence-corrected chi connectivity index (χ1v) is 12.2. The van der Waals surface area contributed by atoms with Crippen LogP contribution in [0.5, 0.6) is 0 Å². The molecule has 2 nitrogen and oxygen atoms in total. The van der Waals surface area contributed by atoms with E-state index < -0.39 is 0 Å². The Kier molecular flexibility index (Phi) is 17.1. The van der Waals surface area contributed by atoms with Crippen LogP contribution >= 0.6 is 0 Å². The summed E-state index contributed by atoms with van der Waals surface area (Å²) in [6.45, 7) is 15.9. The van der Waals surface area contributed by atoms with Crippen LogP contribution in [0.15, 0.2) is 121 Å². The molecule has 0 spiro atoms. The quantitative estimate of drug-likeness (QED) is 0.210. The molecule has 0 atom stereocenters. The minimum atomic E-state index is -0.110. The summed E-state index contributed by atoms with van der Waals surface area (Å²) in [5.74, 6) is 0. The van der Waals surface area contributed by atoms with Crippen molar-refractivity contribution in [3.63, 3.8) is 0 Å². The molecule has 4 rings (SSSR count). The van der Waals surface area contributed by atoms with Crippen molar-refractivity contribution in [1.82, 2.24) is 0 Å². The second kappa shape index (κ2) is 18.5. The van der Waals surface area contributed by atoms with Crippen molar-refractivity contribution in [2.45, 2.75) is 38.5 Å². The van der Waals surface area contributed by atoms with Gasteiger partial charge in [0.15, 0.2) is 0 Å². The molecule has 0 heterocycles. The predicted molar refractivity (Wildman–Crippen MR) is 155 cm³/mol. The van der Waals surface area contributed by atoms with Gasteiger partial charge in [-0.15, -0.1) is 24.3 Å². The van der Waals surface area contributed by atoms with Gasteiger partial charge < -0.3 is 10.2 Å². The third-order valence-corrected chi connectivity index (χ3v) is 5.59. The van der Waals surface area contributed by atoms with E-state index in [1.165, 1.54) is 11.1 Å². The van der Waals surface area contributed by atoms with Crippen molar-refractivity contribution < 1.29 is 31.9 Å². The molecule has 0 aliphatic carbocycles. The van der Waals surface area contributed by atoms with Gasteiger partial charge in [0.25, 0.3) is 0 Å². The number of rotatable bonds is 4. The zero-order valence-corrected chi connectivity index (χ0v) is 24.3. The number of aliphatic hydroxyl groups is 2. The average Bonchev–Trinajstić information content (AvgIpc) is 2.92. The van der Waals surface area contributed by atoms with Crippen LogP contribution in [-0.4, -0.2) is 23.4 Å². The van der Waals surface area contributed by atoms with Crippen LogP contribution in [0.4, 0.5) is 0 Å². The summed E-state index contributed by atoms with van der Waals surface area (Å²) in [5, 5.41) is 18.1. The summed E-state index contributed by atoms with van der Waals surface area (Å²) >= 11 is 0. The van der Waals surface area contributed by atoms with E-state index in [1.807, 2.05) is 149 Å². The Balaban J connectivity index is 0.000000473. The number of hydrogen-bond acceptors (Lipinski definition) is 2. The van der Waals surface area contributed by atoms with E-state index in [9.17, 15) is 0 Å². The molecule has 37 heavy (non-hydrogen) atoms. The van der Waals surface area contributed by atoms with Crippen LogP contribution in [0.3, 0.4) is 0 Å². The van der Waals surface area contributed by atoms with Crippen LogP contribution < -0.4 is 0 Å². The third kappa shape index (κ3) is 14.5. The summed E-state index contributed by atoms with van der Waals surface area (Å²) in [6, 6.07) is 39.8. The average molecular weight is 531 g/mol. The maximum absolute atomic E-state index is 9.05. The number of hydrogen-bond donors (Lipinski definition) is 2. The van der Waals surface area contributed by atoms with E-state index in [4.69, 9.17) is 10.2 Å². The second-order valence-electron chi connectivity index (χ2n) is 9.79. The van der Waals surface area contributed by atoms with Crippen LogP contribution in [0.1, 0.15) is 49.9 Å². The zero-order chi connectivity index (χ0) is 26.9. The van der Waals surface area contributed by atoms with Gasteiger partial charge in [-0.1, -0.05) is 100 Å². The van der Waals surface area contributed by atoms with Crippen LogP contribution in [0.2, 0.25) is 0 Å².